The van der Waals surface area contributed by atoms with Crippen LogP contribution in [0, 0.1) is 6.92 Å². The van der Waals surface area contributed by atoms with Crippen LogP contribution in [-0.2, 0) is 22.3 Å². The Morgan fingerprint density at radius 1 is 1.05 bits per heavy atom. The average molecular weight is 565 g/mol. The Balaban J connectivity index is 1.63. The van der Waals surface area contributed by atoms with Gasteiger partial charge >= 0.3 is 6.18 Å². The highest BCUT2D eigenvalue weighted by atomic mass is 19.4. The van der Waals surface area contributed by atoms with E-state index in [2.05, 4.69) is 10.3 Å². The summed E-state index contributed by atoms with van der Waals surface area (Å²) in [5, 5.41) is 3.05. The van der Waals surface area contributed by atoms with E-state index in [4.69, 9.17) is 4.74 Å². The molecule has 1 aliphatic carbocycles. The molecule has 0 unspecified atom stereocenters. The van der Waals surface area contributed by atoms with E-state index in [0.29, 0.717) is 28.2 Å². The third kappa shape index (κ3) is 6.06. The number of alkyl halides is 3. The number of amides is 2. The molecule has 1 aliphatic rings. The predicted molar refractivity (Wildman–Crippen MR) is 150 cm³/mol. The topological polar surface area (TPSA) is 76.5 Å². The number of hydrogen-bond donors (Lipinski definition) is 1. The molecule has 214 valence electrons. The molecule has 1 N–H and O–H groups in total. The van der Waals surface area contributed by atoms with E-state index in [1.807, 2.05) is 24.3 Å². The summed E-state index contributed by atoms with van der Waals surface area (Å²) < 4.78 is 48.4. The number of nitrogens with zero attached hydrogens (tertiary/aromatic N) is 3. The first-order valence-electron chi connectivity index (χ1n) is 13.5. The standard InChI is InChI=1S/C31H31F3N4O3/c1-20-35-26-12-5-6-13-27(26)37(20)19-28(39)38(24-11-7-8-22(18-24)31(32,33)34)29(21-14-16-25(41-2)17-15-21)30(40)36-23-9-3-4-10-23/h5-8,11-18,23,29H,3-4,9-10,19H2,1-2H3,(H,36,40)/t29-/m1/s1. The largest absolute Gasteiger partial charge is 0.497 e. The number of aryl methyl sites for hydroxylation is 1. The van der Waals surface area contributed by atoms with Gasteiger partial charge in [0, 0.05) is 11.7 Å². The zero-order chi connectivity index (χ0) is 29.1. The summed E-state index contributed by atoms with van der Waals surface area (Å²) in [6.45, 7) is 1.53. The van der Waals surface area contributed by atoms with Crippen molar-refractivity contribution in [2.75, 3.05) is 12.0 Å². The molecule has 1 atom stereocenters. The lowest BCUT2D eigenvalue weighted by atomic mass is 10.0. The van der Waals surface area contributed by atoms with Crippen molar-refractivity contribution >= 4 is 28.5 Å². The molecule has 3 aromatic carbocycles. The lowest BCUT2D eigenvalue weighted by molar-refractivity contribution is -0.137. The van der Waals surface area contributed by atoms with Crippen LogP contribution in [0.4, 0.5) is 18.9 Å². The summed E-state index contributed by atoms with van der Waals surface area (Å²) in [4.78, 5) is 33.9. The van der Waals surface area contributed by atoms with Gasteiger partial charge in [0.05, 0.1) is 23.7 Å². The first kappa shape index (κ1) is 28.2. The molecule has 10 heteroatoms. The number of rotatable bonds is 8. The Bertz CT molecular complexity index is 1540. The van der Waals surface area contributed by atoms with Crippen molar-refractivity contribution in [2.45, 2.75) is 57.4 Å². The van der Waals surface area contributed by atoms with E-state index in [1.165, 1.54) is 24.1 Å². The summed E-state index contributed by atoms with van der Waals surface area (Å²) in [6, 6.07) is 17.2. The number of carbonyl (C=O) groups is 2. The summed E-state index contributed by atoms with van der Waals surface area (Å²) in [6.07, 6.45) is -1.08. The number of carbonyl (C=O) groups excluding carboxylic acids is 2. The van der Waals surface area contributed by atoms with Crippen molar-refractivity contribution in [2.24, 2.45) is 0 Å². The minimum atomic E-state index is -4.64. The smallest absolute Gasteiger partial charge is 0.416 e. The fourth-order valence-electron chi connectivity index (χ4n) is 5.43. The second-order valence-corrected chi connectivity index (χ2v) is 10.2. The Morgan fingerprint density at radius 3 is 2.44 bits per heavy atom. The molecule has 1 heterocycles. The van der Waals surface area contributed by atoms with E-state index in [-0.39, 0.29) is 18.3 Å². The molecule has 1 saturated carbocycles. The van der Waals surface area contributed by atoms with Gasteiger partial charge in [0.25, 0.3) is 0 Å². The van der Waals surface area contributed by atoms with Crippen LogP contribution in [0.15, 0.2) is 72.8 Å². The molecule has 1 fully saturated rings. The monoisotopic (exact) mass is 564 g/mol. The van der Waals surface area contributed by atoms with Crippen molar-refractivity contribution in [1.29, 1.82) is 0 Å². The fourth-order valence-corrected chi connectivity index (χ4v) is 5.43. The quantitative estimate of drug-likeness (QED) is 0.276. The maximum Gasteiger partial charge on any atom is 0.416 e. The van der Waals surface area contributed by atoms with Crippen molar-refractivity contribution in [3.63, 3.8) is 0 Å². The molecule has 0 bridgehead atoms. The van der Waals surface area contributed by atoms with Gasteiger partial charge in [0.15, 0.2) is 0 Å². The Hall–Kier alpha value is -4.34. The van der Waals surface area contributed by atoms with Crippen molar-refractivity contribution in [3.05, 3.63) is 89.7 Å². The lowest BCUT2D eigenvalue weighted by Crippen LogP contribution is -2.47. The lowest BCUT2D eigenvalue weighted by Gasteiger charge is -2.33. The number of ether oxygens (including phenoxy) is 1. The van der Waals surface area contributed by atoms with Crippen LogP contribution in [-0.4, -0.2) is 34.5 Å². The van der Waals surface area contributed by atoms with Gasteiger partial charge in [-0.05, 0) is 67.8 Å². The SMILES string of the molecule is COc1ccc([C@H](C(=O)NC2CCCC2)N(C(=O)Cn2c(C)nc3ccccc32)c2cccc(C(F)(F)F)c2)cc1. The number of benzene rings is 3. The zero-order valence-electron chi connectivity index (χ0n) is 22.8. The molecule has 5 rings (SSSR count). The summed E-state index contributed by atoms with van der Waals surface area (Å²) in [5.41, 5.74) is 0.892. The molecule has 0 saturated heterocycles. The van der Waals surface area contributed by atoms with Crippen LogP contribution < -0.4 is 15.0 Å². The zero-order valence-corrected chi connectivity index (χ0v) is 22.8. The number of methoxy groups -OCH3 is 1. The summed E-state index contributed by atoms with van der Waals surface area (Å²) in [7, 11) is 1.51. The number of fused-ring (bicyclic) bond motifs is 1. The van der Waals surface area contributed by atoms with Crippen LogP contribution in [0.2, 0.25) is 0 Å². The molecule has 2 amide bonds. The normalized spacial score (nSPS) is 14.7. The highest BCUT2D eigenvalue weighted by molar-refractivity contribution is 6.02. The minimum Gasteiger partial charge on any atom is -0.497 e. The van der Waals surface area contributed by atoms with Crippen LogP contribution >= 0.6 is 0 Å². The van der Waals surface area contributed by atoms with E-state index in [1.54, 1.807) is 35.8 Å². The average Bonchev–Trinajstić information content (AvgIpc) is 3.58. The van der Waals surface area contributed by atoms with Gasteiger partial charge in [-0.3, -0.25) is 14.5 Å². The molecular weight excluding hydrogens is 533 g/mol. The maximum absolute atomic E-state index is 14.2. The maximum atomic E-state index is 14.2. The Morgan fingerprint density at radius 2 is 1.76 bits per heavy atom. The second kappa shape index (κ2) is 11.6. The number of imidazole rings is 1. The van der Waals surface area contributed by atoms with E-state index in [0.717, 1.165) is 37.8 Å². The van der Waals surface area contributed by atoms with Crippen molar-refractivity contribution < 1.29 is 27.5 Å². The van der Waals surface area contributed by atoms with Crippen LogP contribution in [0.5, 0.6) is 5.75 Å². The van der Waals surface area contributed by atoms with E-state index < -0.39 is 29.6 Å². The molecular formula is C31H31F3N4O3. The first-order chi connectivity index (χ1) is 19.7. The molecule has 1 aromatic heterocycles. The van der Waals surface area contributed by atoms with Gasteiger partial charge in [-0.25, -0.2) is 4.98 Å². The molecule has 7 nitrogen and oxygen atoms in total. The number of anilines is 1. The van der Waals surface area contributed by atoms with Gasteiger partial charge in [-0.1, -0.05) is 43.2 Å². The van der Waals surface area contributed by atoms with Gasteiger partial charge in [-0.2, -0.15) is 13.2 Å². The molecule has 4 aromatic rings. The first-order valence-corrected chi connectivity index (χ1v) is 13.5. The molecule has 0 aliphatic heterocycles. The minimum absolute atomic E-state index is 0.0331. The van der Waals surface area contributed by atoms with Gasteiger partial charge < -0.3 is 14.6 Å². The van der Waals surface area contributed by atoms with Crippen LogP contribution in [0.25, 0.3) is 11.0 Å². The van der Waals surface area contributed by atoms with Crippen molar-refractivity contribution in [1.82, 2.24) is 14.9 Å². The molecule has 0 spiro atoms. The number of aromatic nitrogens is 2. The Labute approximate surface area is 235 Å². The van der Waals surface area contributed by atoms with Crippen LogP contribution in [0.3, 0.4) is 0 Å². The van der Waals surface area contributed by atoms with E-state index >= 15 is 0 Å². The number of para-hydroxylation sites is 2. The van der Waals surface area contributed by atoms with Crippen molar-refractivity contribution in [3.8, 4) is 5.75 Å². The predicted octanol–water partition coefficient (Wildman–Crippen LogP) is 6.21. The van der Waals surface area contributed by atoms with Gasteiger partial charge in [-0.15, -0.1) is 0 Å². The summed E-state index contributed by atoms with van der Waals surface area (Å²) in [5.74, 6) is 0.0964. The van der Waals surface area contributed by atoms with Crippen LogP contribution in [0.1, 0.15) is 48.7 Å². The molecule has 0 radical (unpaired) electrons. The number of hydrogen-bond acceptors (Lipinski definition) is 4. The highest BCUT2D eigenvalue weighted by Gasteiger charge is 2.37. The highest BCUT2D eigenvalue weighted by Crippen LogP contribution is 2.36. The fraction of sp³-hybridized carbons (Fsp3) is 0.323. The van der Waals surface area contributed by atoms with Gasteiger partial charge in [0.1, 0.15) is 24.2 Å². The third-order valence-electron chi connectivity index (χ3n) is 7.50. The number of nitrogens with one attached hydrogen (secondary N) is 1. The number of halogens is 3. The molecule has 41 heavy (non-hydrogen) atoms. The summed E-state index contributed by atoms with van der Waals surface area (Å²) >= 11 is 0. The third-order valence-corrected chi connectivity index (χ3v) is 7.50. The van der Waals surface area contributed by atoms with Gasteiger partial charge in [0.2, 0.25) is 11.8 Å². The van der Waals surface area contributed by atoms with E-state index in [9.17, 15) is 22.8 Å². The Kier molecular flexibility index (Phi) is 8.01. The second-order valence-electron chi connectivity index (χ2n) is 10.2.